The topological polar surface area (TPSA) is 41.1 Å². The molecule has 0 heterocycles. The van der Waals surface area contributed by atoms with Crippen molar-refractivity contribution in [1.82, 2.24) is 5.32 Å². The van der Waals surface area contributed by atoms with Crippen molar-refractivity contribution in [2.45, 2.75) is 13.0 Å². The summed E-state index contributed by atoms with van der Waals surface area (Å²) in [4.78, 5) is 12.2. The van der Waals surface area contributed by atoms with Gasteiger partial charge in [-0.2, -0.15) is 0 Å². The van der Waals surface area contributed by atoms with Crippen LogP contribution in [0.4, 0.5) is 5.69 Å². The number of amides is 1. The normalized spacial score (nSPS) is 12.0. The Kier molecular flexibility index (Phi) is 5.23. The number of benzene rings is 2. The summed E-state index contributed by atoms with van der Waals surface area (Å²) in [5.74, 6) is -0.258. The van der Waals surface area contributed by atoms with Crippen LogP contribution in [0.1, 0.15) is 28.9 Å². The summed E-state index contributed by atoms with van der Waals surface area (Å²) in [6, 6.07) is 12.7. The van der Waals surface area contributed by atoms with Crippen molar-refractivity contribution in [3.05, 3.63) is 63.6 Å². The van der Waals surface area contributed by atoms with E-state index in [0.29, 0.717) is 15.6 Å². The second-order valence-electron chi connectivity index (χ2n) is 4.71. The molecule has 110 valence electrons. The Bertz CT molecular complexity index is 658. The molecule has 0 radical (unpaired) electrons. The number of anilines is 1. The molecule has 2 aromatic carbocycles. The maximum absolute atomic E-state index is 12.2. The third-order valence-corrected chi connectivity index (χ3v) is 3.80. The Morgan fingerprint density at radius 2 is 1.90 bits per heavy atom. The van der Waals surface area contributed by atoms with Gasteiger partial charge in [-0.15, -0.1) is 0 Å². The van der Waals surface area contributed by atoms with Crippen molar-refractivity contribution in [3.63, 3.8) is 0 Å². The average molecular weight is 323 g/mol. The Hall–Kier alpha value is -1.55. The van der Waals surface area contributed by atoms with E-state index in [1.165, 1.54) is 0 Å². The minimum atomic E-state index is -0.258. The van der Waals surface area contributed by atoms with Gasteiger partial charge in [-0.05, 0) is 49.9 Å². The monoisotopic (exact) mass is 322 g/mol. The molecule has 0 aliphatic carbocycles. The van der Waals surface area contributed by atoms with E-state index in [1.807, 2.05) is 31.3 Å². The lowest BCUT2D eigenvalue weighted by atomic mass is 10.1. The fourth-order valence-electron chi connectivity index (χ4n) is 1.92. The molecular formula is C16H16Cl2N2O. The van der Waals surface area contributed by atoms with E-state index in [1.54, 1.807) is 18.2 Å². The molecule has 0 aliphatic heterocycles. The maximum atomic E-state index is 12.2. The molecule has 0 saturated carbocycles. The Morgan fingerprint density at radius 1 is 1.14 bits per heavy atom. The maximum Gasteiger partial charge on any atom is 0.257 e. The van der Waals surface area contributed by atoms with Crippen molar-refractivity contribution in [2.75, 3.05) is 12.4 Å². The quantitative estimate of drug-likeness (QED) is 0.868. The third kappa shape index (κ3) is 3.97. The van der Waals surface area contributed by atoms with Crippen LogP contribution in [0.25, 0.3) is 0 Å². The molecule has 3 nitrogen and oxygen atoms in total. The van der Waals surface area contributed by atoms with Gasteiger partial charge in [0.15, 0.2) is 0 Å². The minimum absolute atomic E-state index is 0.209. The summed E-state index contributed by atoms with van der Waals surface area (Å²) < 4.78 is 0. The number of hydrogen-bond donors (Lipinski definition) is 2. The van der Waals surface area contributed by atoms with Crippen LogP contribution in [-0.4, -0.2) is 13.0 Å². The first-order valence-corrected chi connectivity index (χ1v) is 7.30. The Labute approximate surface area is 134 Å². The van der Waals surface area contributed by atoms with Gasteiger partial charge in [0, 0.05) is 16.8 Å². The number of carbonyl (C=O) groups is 1. The molecule has 0 bridgehead atoms. The first kappa shape index (κ1) is 15.8. The lowest BCUT2D eigenvalue weighted by Gasteiger charge is -2.13. The summed E-state index contributed by atoms with van der Waals surface area (Å²) in [6.07, 6.45) is 0. The highest BCUT2D eigenvalue weighted by molar-refractivity contribution is 6.37. The van der Waals surface area contributed by atoms with E-state index in [2.05, 4.69) is 17.6 Å². The van der Waals surface area contributed by atoms with Crippen LogP contribution >= 0.6 is 23.2 Å². The van der Waals surface area contributed by atoms with Gasteiger partial charge in [0.2, 0.25) is 0 Å². The smallest absolute Gasteiger partial charge is 0.257 e. The van der Waals surface area contributed by atoms with E-state index in [0.717, 1.165) is 11.3 Å². The molecule has 0 aliphatic rings. The molecule has 0 saturated heterocycles. The van der Waals surface area contributed by atoms with E-state index in [9.17, 15) is 4.79 Å². The largest absolute Gasteiger partial charge is 0.322 e. The molecular weight excluding hydrogens is 307 g/mol. The molecule has 0 fully saturated rings. The van der Waals surface area contributed by atoms with E-state index >= 15 is 0 Å². The summed E-state index contributed by atoms with van der Waals surface area (Å²) in [5.41, 5.74) is 2.22. The van der Waals surface area contributed by atoms with E-state index < -0.39 is 0 Å². The van der Waals surface area contributed by atoms with E-state index in [-0.39, 0.29) is 11.9 Å². The average Bonchev–Trinajstić information content (AvgIpc) is 2.46. The van der Waals surface area contributed by atoms with Gasteiger partial charge in [-0.3, -0.25) is 4.79 Å². The molecule has 1 amide bonds. The summed E-state index contributed by atoms with van der Waals surface area (Å²) >= 11 is 11.9. The second kappa shape index (κ2) is 6.94. The standard InChI is InChI=1S/C16H16Cl2N2O/c1-10(19-2)11-4-3-5-13(8-11)20-16(21)14-7-6-12(17)9-15(14)18/h3-10,19H,1-2H3,(H,20,21). The first-order chi connectivity index (χ1) is 10.0. The van der Waals surface area contributed by atoms with Crippen LogP contribution in [-0.2, 0) is 0 Å². The van der Waals surface area contributed by atoms with Crippen molar-refractivity contribution in [3.8, 4) is 0 Å². The Morgan fingerprint density at radius 3 is 2.57 bits per heavy atom. The summed E-state index contributed by atoms with van der Waals surface area (Å²) in [7, 11) is 1.89. The number of carbonyl (C=O) groups excluding carboxylic acids is 1. The third-order valence-electron chi connectivity index (χ3n) is 3.25. The molecule has 0 spiro atoms. The minimum Gasteiger partial charge on any atom is -0.322 e. The zero-order valence-corrected chi connectivity index (χ0v) is 13.3. The molecule has 1 atom stereocenters. The van der Waals surface area contributed by atoms with Crippen LogP contribution in [0.15, 0.2) is 42.5 Å². The fraction of sp³-hybridized carbons (Fsp3) is 0.188. The SMILES string of the molecule is CNC(C)c1cccc(NC(=O)c2ccc(Cl)cc2Cl)c1. The highest BCUT2D eigenvalue weighted by Crippen LogP contribution is 2.23. The van der Waals surface area contributed by atoms with Gasteiger partial charge >= 0.3 is 0 Å². The van der Waals surface area contributed by atoms with Crippen LogP contribution in [0.3, 0.4) is 0 Å². The lowest BCUT2D eigenvalue weighted by Crippen LogP contribution is -2.15. The predicted octanol–water partition coefficient (Wildman–Crippen LogP) is 4.53. The lowest BCUT2D eigenvalue weighted by molar-refractivity contribution is 0.102. The van der Waals surface area contributed by atoms with Crippen LogP contribution < -0.4 is 10.6 Å². The van der Waals surface area contributed by atoms with Gasteiger partial charge in [0.05, 0.1) is 10.6 Å². The molecule has 2 rings (SSSR count). The highest BCUT2D eigenvalue weighted by atomic mass is 35.5. The van der Waals surface area contributed by atoms with Crippen molar-refractivity contribution in [1.29, 1.82) is 0 Å². The van der Waals surface area contributed by atoms with Crippen LogP contribution in [0.5, 0.6) is 0 Å². The molecule has 21 heavy (non-hydrogen) atoms. The molecule has 0 aromatic heterocycles. The molecule has 1 unspecified atom stereocenters. The van der Waals surface area contributed by atoms with Gasteiger partial charge < -0.3 is 10.6 Å². The zero-order chi connectivity index (χ0) is 15.4. The van der Waals surface area contributed by atoms with Crippen molar-refractivity contribution >= 4 is 34.8 Å². The van der Waals surface area contributed by atoms with Gasteiger partial charge in [0.1, 0.15) is 0 Å². The molecule has 2 aromatic rings. The fourth-order valence-corrected chi connectivity index (χ4v) is 2.42. The van der Waals surface area contributed by atoms with Gasteiger partial charge in [-0.1, -0.05) is 35.3 Å². The van der Waals surface area contributed by atoms with Crippen molar-refractivity contribution < 1.29 is 4.79 Å². The van der Waals surface area contributed by atoms with E-state index in [4.69, 9.17) is 23.2 Å². The summed E-state index contributed by atoms with van der Waals surface area (Å²) in [5, 5.41) is 6.84. The highest BCUT2D eigenvalue weighted by Gasteiger charge is 2.11. The van der Waals surface area contributed by atoms with Crippen LogP contribution in [0, 0.1) is 0 Å². The zero-order valence-electron chi connectivity index (χ0n) is 11.8. The first-order valence-electron chi connectivity index (χ1n) is 6.55. The van der Waals surface area contributed by atoms with Crippen LogP contribution in [0.2, 0.25) is 10.0 Å². The molecule has 2 N–H and O–H groups in total. The predicted molar refractivity (Wildman–Crippen MR) is 88.3 cm³/mol. The number of hydrogen-bond acceptors (Lipinski definition) is 2. The second-order valence-corrected chi connectivity index (χ2v) is 5.56. The van der Waals surface area contributed by atoms with Crippen molar-refractivity contribution in [2.24, 2.45) is 0 Å². The van der Waals surface area contributed by atoms with Gasteiger partial charge in [0.25, 0.3) is 5.91 Å². The molecule has 5 heteroatoms. The number of halogens is 2. The summed E-state index contributed by atoms with van der Waals surface area (Å²) in [6.45, 7) is 2.05. The number of rotatable bonds is 4. The van der Waals surface area contributed by atoms with Gasteiger partial charge in [-0.25, -0.2) is 0 Å². The number of nitrogens with one attached hydrogen (secondary N) is 2. The Balaban J connectivity index is 2.19.